The number of nitrogens with zero attached hydrogens (tertiary/aromatic N) is 4. The van der Waals surface area contributed by atoms with Gasteiger partial charge >= 0.3 is 0 Å². The molecule has 0 aromatic carbocycles. The lowest BCUT2D eigenvalue weighted by Gasteiger charge is -2.21. The number of thiophene rings is 1. The van der Waals surface area contributed by atoms with Crippen LogP contribution in [0.3, 0.4) is 0 Å². The molecule has 0 N–H and O–H groups in total. The largest absolute Gasteiger partial charge is 0.467 e. The number of furan rings is 1. The predicted octanol–water partition coefficient (Wildman–Crippen LogP) is 4.04. The summed E-state index contributed by atoms with van der Waals surface area (Å²) >= 11 is 1.61. The number of carbonyl (C=O) groups is 1. The van der Waals surface area contributed by atoms with E-state index in [1.165, 1.54) is 0 Å². The molecular weight excluding hydrogens is 360 g/mol. The van der Waals surface area contributed by atoms with E-state index >= 15 is 0 Å². The first-order valence-electron chi connectivity index (χ1n) is 8.36. The maximum absolute atomic E-state index is 13.0. The second-order valence-electron chi connectivity index (χ2n) is 5.86. The molecule has 4 rings (SSSR count). The van der Waals surface area contributed by atoms with Crippen LogP contribution < -0.4 is 0 Å². The third-order valence-corrected chi connectivity index (χ3v) is 4.82. The molecule has 0 bridgehead atoms. The van der Waals surface area contributed by atoms with Gasteiger partial charge in [-0.05, 0) is 35.7 Å². The molecule has 0 saturated carbocycles. The molecule has 0 aliphatic carbocycles. The van der Waals surface area contributed by atoms with Crippen LogP contribution in [0.4, 0.5) is 0 Å². The van der Waals surface area contributed by atoms with E-state index in [2.05, 4.69) is 15.0 Å². The third kappa shape index (κ3) is 4.09. The van der Waals surface area contributed by atoms with Gasteiger partial charge in [0.2, 0.25) is 0 Å². The normalized spacial score (nSPS) is 10.7. The molecule has 0 saturated heterocycles. The summed E-state index contributed by atoms with van der Waals surface area (Å²) in [7, 11) is 0. The lowest BCUT2D eigenvalue weighted by Crippen LogP contribution is -2.30. The van der Waals surface area contributed by atoms with Crippen molar-refractivity contribution >= 4 is 17.2 Å². The van der Waals surface area contributed by atoms with E-state index in [0.717, 1.165) is 16.2 Å². The Bertz CT molecular complexity index is 948. The van der Waals surface area contributed by atoms with Crippen LogP contribution >= 0.6 is 11.3 Å². The first-order valence-corrected chi connectivity index (χ1v) is 9.24. The van der Waals surface area contributed by atoms with Gasteiger partial charge in [0.25, 0.3) is 5.91 Å². The Morgan fingerprint density at radius 3 is 2.59 bits per heavy atom. The van der Waals surface area contributed by atoms with Crippen LogP contribution in [-0.2, 0) is 13.1 Å². The molecule has 0 atom stereocenters. The Morgan fingerprint density at radius 2 is 1.93 bits per heavy atom. The zero-order valence-corrected chi connectivity index (χ0v) is 15.2. The van der Waals surface area contributed by atoms with Crippen LogP contribution in [0.5, 0.6) is 0 Å². The van der Waals surface area contributed by atoms with Crippen LogP contribution in [0.1, 0.15) is 21.0 Å². The van der Waals surface area contributed by atoms with E-state index in [-0.39, 0.29) is 5.91 Å². The summed E-state index contributed by atoms with van der Waals surface area (Å²) in [5, 5.41) is 2.00. The minimum atomic E-state index is -0.141. The summed E-state index contributed by atoms with van der Waals surface area (Å²) in [6.07, 6.45) is 8.10. The molecule has 0 fully saturated rings. The second kappa shape index (κ2) is 7.92. The molecule has 4 aromatic rings. The van der Waals surface area contributed by atoms with E-state index in [9.17, 15) is 4.79 Å². The Morgan fingerprint density at radius 1 is 1.04 bits per heavy atom. The Labute approximate surface area is 160 Å². The van der Waals surface area contributed by atoms with Gasteiger partial charge in [-0.15, -0.1) is 11.3 Å². The van der Waals surface area contributed by atoms with Crippen LogP contribution in [0.2, 0.25) is 0 Å². The van der Waals surface area contributed by atoms with E-state index < -0.39 is 0 Å². The average molecular weight is 376 g/mol. The van der Waals surface area contributed by atoms with Gasteiger partial charge < -0.3 is 9.32 Å². The Balaban J connectivity index is 1.56. The van der Waals surface area contributed by atoms with Crippen LogP contribution in [0, 0.1) is 0 Å². The molecule has 134 valence electrons. The molecule has 1 amide bonds. The maximum atomic E-state index is 13.0. The van der Waals surface area contributed by atoms with Crippen molar-refractivity contribution in [2.24, 2.45) is 0 Å². The van der Waals surface area contributed by atoms with Gasteiger partial charge in [-0.2, -0.15) is 0 Å². The van der Waals surface area contributed by atoms with Gasteiger partial charge in [0.15, 0.2) is 5.82 Å². The summed E-state index contributed by atoms with van der Waals surface area (Å²) < 4.78 is 5.42. The summed E-state index contributed by atoms with van der Waals surface area (Å²) in [4.78, 5) is 28.6. The van der Waals surface area contributed by atoms with Gasteiger partial charge in [0.05, 0.1) is 24.9 Å². The monoisotopic (exact) mass is 376 g/mol. The van der Waals surface area contributed by atoms with Gasteiger partial charge in [0.1, 0.15) is 5.76 Å². The number of hydrogen-bond acceptors (Lipinski definition) is 6. The molecule has 0 spiro atoms. The highest BCUT2D eigenvalue weighted by Crippen LogP contribution is 2.18. The van der Waals surface area contributed by atoms with Crippen molar-refractivity contribution in [3.05, 3.63) is 89.0 Å². The number of rotatable bonds is 6. The highest BCUT2D eigenvalue weighted by atomic mass is 32.1. The molecule has 7 heteroatoms. The standard InChI is InChI=1S/C20H16N4O2S/c25-20(16-11-22-19(23-12-16)15-4-1-7-21-10-15)24(13-17-5-2-8-26-17)14-18-6-3-9-27-18/h1-12H,13-14H2. The highest BCUT2D eigenvalue weighted by Gasteiger charge is 2.19. The molecule has 0 aliphatic heterocycles. The zero-order valence-electron chi connectivity index (χ0n) is 14.4. The van der Waals surface area contributed by atoms with Crippen molar-refractivity contribution in [2.45, 2.75) is 13.1 Å². The minimum absolute atomic E-state index is 0.141. The average Bonchev–Trinajstić information content (AvgIpc) is 3.42. The van der Waals surface area contributed by atoms with Gasteiger partial charge in [0, 0.05) is 35.2 Å². The van der Waals surface area contributed by atoms with Gasteiger partial charge in [-0.25, -0.2) is 9.97 Å². The molecule has 4 heterocycles. The molecule has 0 radical (unpaired) electrons. The van der Waals surface area contributed by atoms with Gasteiger partial charge in [-0.3, -0.25) is 9.78 Å². The van der Waals surface area contributed by atoms with Crippen LogP contribution in [-0.4, -0.2) is 25.8 Å². The number of hydrogen-bond donors (Lipinski definition) is 0. The lowest BCUT2D eigenvalue weighted by atomic mass is 10.2. The van der Waals surface area contributed by atoms with Crippen molar-refractivity contribution in [1.82, 2.24) is 19.9 Å². The van der Waals surface area contributed by atoms with E-state index in [4.69, 9.17) is 4.42 Å². The van der Waals surface area contributed by atoms with Crippen LogP contribution in [0.25, 0.3) is 11.4 Å². The van der Waals surface area contributed by atoms with Crippen molar-refractivity contribution in [3.8, 4) is 11.4 Å². The number of aromatic nitrogens is 3. The Hall–Kier alpha value is -3.32. The molecule has 0 unspecified atom stereocenters. The smallest absolute Gasteiger partial charge is 0.257 e. The summed E-state index contributed by atoms with van der Waals surface area (Å²) in [5.41, 5.74) is 1.24. The summed E-state index contributed by atoms with van der Waals surface area (Å²) in [6.45, 7) is 0.885. The molecule has 0 aliphatic rings. The number of carbonyl (C=O) groups excluding carboxylic acids is 1. The SMILES string of the molecule is O=C(c1cnc(-c2cccnc2)nc1)N(Cc1ccco1)Cc1cccs1. The van der Waals surface area contributed by atoms with E-state index in [0.29, 0.717) is 24.5 Å². The lowest BCUT2D eigenvalue weighted by molar-refractivity contribution is 0.0718. The fraction of sp³-hybridized carbons (Fsp3) is 0.100. The molecule has 4 aromatic heterocycles. The fourth-order valence-corrected chi connectivity index (χ4v) is 3.37. The number of amides is 1. The first-order chi connectivity index (χ1) is 13.3. The van der Waals surface area contributed by atoms with Gasteiger partial charge in [-0.1, -0.05) is 6.07 Å². The summed E-state index contributed by atoms with van der Waals surface area (Å²) in [5.74, 6) is 1.13. The summed E-state index contributed by atoms with van der Waals surface area (Å²) in [6, 6.07) is 11.4. The van der Waals surface area contributed by atoms with Crippen LogP contribution in [0.15, 0.2) is 77.2 Å². The van der Waals surface area contributed by atoms with Crippen molar-refractivity contribution in [2.75, 3.05) is 0 Å². The second-order valence-corrected chi connectivity index (χ2v) is 6.89. The zero-order chi connectivity index (χ0) is 18.5. The minimum Gasteiger partial charge on any atom is -0.467 e. The van der Waals surface area contributed by atoms with E-state index in [1.807, 2.05) is 41.8 Å². The van der Waals surface area contributed by atoms with Crippen molar-refractivity contribution in [3.63, 3.8) is 0 Å². The molecule has 6 nitrogen and oxygen atoms in total. The Kier molecular flexibility index (Phi) is 5.02. The highest BCUT2D eigenvalue weighted by molar-refractivity contribution is 7.09. The van der Waals surface area contributed by atoms with Crippen molar-refractivity contribution in [1.29, 1.82) is 0 Å². The molecule has 27 heavy (non-hydrogen) atoms. The maximum Gasteiger partial charge on any atom is 0.257 e. The molecular formula is C20H16N4O2S. The number of pyridine rings is 1. The topological polar surface area (TPSA) is 72.1 Å². The van der Waals surface area contributed by atoms with E-state index in [1.54, 1.807) is 47.3 Å². The third-order valence-electron chi connectivity index (χ3n) is 3.96. The first kappa shape index (κ1) is 17.1. The predicted molar refractivity (Wildman–Crippen MR) is 102 cm³/mol. The van der Waals surface area contributed by atoms with Crippen molar-refractivity contribution < 1.29 is 9.21 Å². The fourth-order valence-electron chi connectivity index (χ4n) is 2.65. The quantitative estimate of drug-likeness (QED) is 0.508.